The molecule has 0 saturated heterocycles. The normalized spacial score (nSPS) is 14.7. The molecule has 12 aromatic carbocycles. The zero-order chi connectivity index (χ0) is 80.7. The summed E-state index contributed by atoms with van der Waals surface area (Å²) in [5, 5.41) is 0. The van der Waals surface area contributed by atoms with Crippen LogP contribution in [0.1, 0.15) is 313 Å². The van der Waals surface area contributed by atoms with Gasteiger partial charge >= 0.3 is 0 Å². The van der Waals surface area contributed by atoms with Gasteiger partial charge in [-0.2, -0.15) is 0 Å². The summed E-state index contributed by atoms with van der Waals surface area (Å²) in [6.07, 6.45) is 37.9. The van der Waals surface area contributed by atoms with Crippen LogP contribution in [0.3, 0.4) is 0 Å². The van der Waals surface area contributed by atoms with Crippen molar-refractivity contribution < 1.29 is 0 Å². The first-order valence-corrected chi connectivity index (χ1v) is 46.6. The van der Waals surface area contributed by atoms with E-state index in [0.29, 0.717) is 0 Å². The van der Waals surface area contributed by atoms with Crippen LogP contribution < -0.4 is 0 Å². The molecule has 0 heterocycles. The highest BCUT2D eigenvalue weighted by Crippen LogP contribution is 2.60. The van der Waals surface area contributed by atoms with E-state index in [1.165, 1.54) is 358 Å². The molecular formula is C117H130. The summed E-state index contributed by atoms with van der Waals surface area (Å²) in [7, 11) is 0. The lowest BCUT2D eigenvalue weighted by Gasteiger charge is -2.33. The summed E-state index contributed by atoms with van der Waals surface area (Å²) < 4.78 is 0. The lowest BCUT2D eigenvalue weighted by molar-refractivity contribution is 0.398. The zero-order valence-electron chi connectivity index (χ0n) is 73.3. The quantitative estimate of drug-likeness (QED) is 0.0353. The smallest absolute Gasteiger partial charge is 0.0215 e. The van der Waals surface area contributed by atoms with E-state index in [1.54, 1.807) is 22.3 Å². The van der Waals surface area contributed by atoms with Gasteiger partial charge < -0.3 is 0 Å². The van der Waals surface area contributed by atoms with Crippen molar-refractivity contribution in [1.82, 2.24) is 0 Å². The van der Waals surface area contributed by atoms with Crippen molar-refractivity contribution in [3.63, 3.8) is 0 Å². The van der Waals surface area contributed by atoms with Gasteiger partial charge in [0.25, 0.3) is 0 Å². The molecule has 0 fully saturated rings. The van der Waals surface area contributed by atoms with Gasteiger partial charge in [-0.05, 0) is 309 Å². The average Bonchev–Trinajstić information content (AvgIpc) is 1.58. The van der Waals surface area contributed by atoms with Gasteiger partial charge in [0.05, 0.1) is 0 Å². The highest BCUT2D eigenvalue weighted by Gasteiger charge is 2.45. The van der Waals surface area contributed by atoms with Crippen LogP contribution in [0.15, 0.2) is 218 Å². The summed E-state index contributed by atoms with van der Waals surface area (Å²) >= 11 is 0. The van der Waals surface area contributed by atoms with E-state index in [2.05, 4.69) is 301 Å². The first kappa shape index (κ1) is 80.1. The molecule has 5 aliphatic rings. The number of benzene rings is 12. The molecule has 598 valence electrons. The molecule has 0 nitrogen and oxygen atoms in total. The highest BCUT2D eigenvalue weighted by molar-refractivity contribution is 5.93. The van der Waals surface area contributed by atoms with E-state index in [0.717, 1.165) is 6.42 Å². The van der Waals surface area contributed by atoms with Crippen molar-refractivity contribution in [3.8, 4) is 122 Å². The Morgan fingerprint density at radius 3 is 0.744 bits per heavy atom. The summed E-state index contributed by atoms with van der Waals surface area (Å²) in [5.41, 5.74) is 49.9. The topological polar surface area (TPSA) is 0 Å². The first-order chi connectivity index (χ1) is 57.0. The van der Waals surface area contributed by atoms with E-state index < -0.39 is 0 Å². The fraction of sp³-hybridized carbons (Fsp3) is 0.385. The molecule has 0 aromatic heterocycles. The third-order valence-electron chi connectivity index (χ3n) is 29.6. The second-order valence-electron chi connectivity index (χ2n) is 38.0. The van der Waals surface area contributed by atoms with Crippen molar-refractivity contribution >= 4 is 0 Å². The predicted octanol–water partition coefficient (Wildman–Crippen LogP) is 34.6. The Morgan fingerprint density at radius 2 is 0.444 bits per heavy atom. The molecule has 0 spiro atoms. The lowest BCUT2D eigenvalue weighted by Crippen LogP contribution is -2.25. The van der Waals surface area contributed by atoms with Crippen LogP contribution in [-0.2, 0) is 28.1 Å². The van der Waals surface area contributed by atoms with E-state index in [9.17, 15) is 0 Å². The molecule has 0 radical (unpaired) electrons. The number of unbranched alkanes of at least 4 members (excludes halogenated alkanes) is 20. The number of fused-ring (bicyclic) bond motifs is 15. The maximum atomic E-state index is 2.65. The largest absolute Gasteiger partial charge is 0.0654 e. The van der Waals surface area contributed by atoms with Crippen molar-refractivity contribution in [3.05, 3.63) is 296 Å². The Hall–Kier alpha value is -9.36. The van der Waals surface area contributed by atoms with Gasteiger partial charge in [0.2, 0.25) is 0 Å². The molecule has 0 saturated carbocycles. The SMILES string of the molecule is CCCCCCCCC1(CCCCCCCC)c2ccccc2-c2ccc(-c3ccc4c(c3)C(C)(C)c3cc(-c5cc(C)c(-c6ccc7c(c6)-c6cc(-c8c(C)cc(-c9ccc%10c(c9)C(C)(C)c9cc(-c%11ccc%12c(c%11)C(CCCCCCCC)(CCCCCCCC)c%11ccccc%11-%12)ccc9-%10)cc8C)ccc6C7)c(C)c5)ccc3-4)cc21. The molecule has 117 heavy (non-hydrogen) atoms. The van der Waals surface area contributed by atoms with Gasteiger partial charge in [0.1, 0.15) is 0 Å². The molecule has 0 bridgehead atoms. The van der Waals surface area contributed by atoms with Crippen molar-refractivity contribution in [2.75, 3.05) is 0 Å². The Balaban J connectivity index is 0.601. The summed E-state index contributed by atoms with van der Waals surface area (Å²) in [5.74, 6) is 0. The van der Waals surface area contributed by atoms with Crippen molar-refractivity contribution in [1.29, 1.82) is 0 Å². The van der Waals surface area contributed by atoms with Crippen LogP contribution in [0, 0.1) is 27.7 Å². The zero-order valence-corrected chi connectivity index (χ0v) is 73.3. The monoisotopic (exact) mass is 1540 g/mol. The third-order valence-corrected chi connectivity index (χ3v) is 29.6. The third kappa shape index (κ3) is 14.8. The maximum Gasteiger partial charge on any atom is 0.0215 e. The minimum Gasteiger partial charge on any atom is -0.0654 e. The van der Waals surface area contributed by atoms with Crippen molar-refractivity contribution in [2.45, 2.75) is 291 Å². The number of hydrogen-bond acceptors (Lipinski definition) is 0. The fourth-order valence-corrected chi connectivity index (χ4v) is 23.3. The van der Waals surface area contributed by atoms with E-state index >= 15 is 0 Å². The van der Waals surface area contributed by atoms with Crippen LogP contribution in [0.4, 0.5) is 0 Å². The molecule has 0 heteroatoms. The molecule has 12 aromatic rings. The second kappa shape index (κ2) is 33.8. The Morgan fingerprint density at radius 1 is 0.205 bits per heavy atom. The van der Waals surface area contributed by atoms with Crippen LogP contribution in [0.25, 0.3) is 122 Å². The minimum absolute atomic E-state index is 0.0596. The van der Waals surface area contributed by atoms with Gasteiger partial charge in [-0.25, -0.2) is 0 Å². The summed E-state index contributed by atoms with van der Waals surface area (Å²) in [6, 6.07) is 88.2. The van der Waals surface area contributed by atoms with E-state index in [4.69, 9.17) is 0 Å². The highest BCUT2D eigenvalue weighted by atomic mass is 14.5. The van der Waals surface area contributed by atoms with Gasteiger partial charge in [0, 0.05) is 21.7 Å². The average molecular weight is 1540 g/mol. The van der Waals surface area contributed by atoms with Crippen LogP contribution >= 0.6 is 0 Å². The summed E-state index contributed by atoms with van der Waals surface area (Å²) in [4.78, 5) is 0. The number of hydrogen-bond donors (Lipinski definition) is 0. The molecule has 0 amide bonds. The molecule has 0 N–H and O–H groups in total. The molecule has 0 atom stereocenters. The van der Waals surface area contributed by atoms with Crippen LogP contribution in [-0.4, -0.2) is 0 Å². The minimum atomic E-state index is -0.163. The molecule has 0 aliphatic heterocycles. The van der Waals surface area contributed by atoms with Gasteiger partial charge in [-0.15, -0.1) is 0 Å². The predicted molar refractivity (Wildman–Crippen MR) is 506 cm³/mol. The first-order valence-electron chi connectivity index (χ1n) is 46.6. The van der Waals surface area contributed by atoms with Gasteiger partial charge in [-0.3, -0.25) is 0 Å². The number of rotatable bonds is 34. The summed E-state index contributed by atoms with van der Waals surface area (Å²) in [6.45, 7) is 28.6. The lowest BCUT2D eigenvalue weighted by atomic mass is 9.70. The molecule has 17 rings (SSSR count). The number of aryl methyl sites for hydroxylation is 4. The Kier molecular flexibility index (Phi) is 23.1. The Bertz CT molecular complexity index is 5260. The second-order valence-corrected chi connectivity index (χ2v) is 38.0. The standard InChI is InChI=1S/C117H130/c1-13-17-21-25-29-37-61-116(62-38-30-26-22-18-14-2)104-43-35-33-41-94(104)100-59-51-84(76-110(100)116)82-49-55-96-98-57-53-86(74-108(98)114(9,10)106(96)72-82)92-65-78(5)112(79(6)66-92)90-47-45-88-69-89-46-48-91(71-103(89)102(88)70-90)113-80(7)67-93(68-81(113)8)87-54-58-99-97-56-50-83(73-107(97)115(11,12)109(99)75-87)85-52-60-101-95-42-34-36-44-105(95)117(111(101)77-85,63-39-31-27-23-19-15-3)64-40-32-28-24-20-16-4/h33-36,41-60,65-68,70-77H,13-32,37-40,61-64,69H2,1-12H3. The fourth-order valence-electron chi connectivity index (χ4n) is 23.3. The Labute approximate surface area is 704 Å². The van der Waals surface area contributed by atoms with Gasteiger partial charge in [-0.1, -0.05) is 379 Å². The van der Waals surface area contributed by atoms with Crippen LogP contribution in [0.5, 0.6) is 0 Å². The maximum absolute atomic E-state index is 2.65. The van der Waals surface area contributed by atoms with Crippen LogP contribution in [0.2, 0.25) is 0 Å². The van der Waals surface area contributed by atoms with Gasteiger partial charge in [0.15, 0.2) is 0 Å². The van der Waals surface area contributed by atoms with E-state index in [1.807, 2.05) is 0 Å². The van der Waals surface area contributed by atoms with E-state index in [-0.39, 0.29) is 21.7 Å². The molecule has 5 aliphatic carbocycles. The van der Waals surface area contributed by atoms with Crippen molar-refractivity contribution in [2.24, 2.45) is 0 Å². The molecule has 0 unspecified atom stereocenters. The molecular weight excluding hydrogens is 1410 g/mol.